The largest absolute Gasteiger partial charge is 0.493 e. The number of nitrogens with zero attached hydrogens (tertiary/aromatic N) is 2. The van der Waals surface area contributed by atoms with Crippen LogP contribution in [0.2, 0.25) is 0 Å². The van der Waals surface area contributed by atoms with Crippen molar-refractivity contribution in [2.75, 3.05) is 12.0 Å². The lowest BCUT2D eigenvalue weighted by Gasteiger charge is -2.15. The molecule has 0 unspecified atom stereocenters. The van der Waals surface area contributed by atoms with Crippen molar-refractivity contribution in [3.63, 3.8) is 0 Å². The van der Waals surface area contributed by atoms with Crippen molar-refractivity contribution < 1.29 is 13.9 Å². The summed E-state index contributed by atoms with van der Waals surface area (Å²) in [5.41, 5.74) is 2.64. The number of aliphatic imine (C=N–C) groups is 1. The molecule has 0 atom stereocenters. The third-order valence-electron chi connectivity index (χ3n) is 4.74. The maximum absolute atomic E-state index is 13.4. The van der Waals surface area contributed by atoms with Crippen LogP contribution in [0.4, 0.5) is 11.4 Å². The van der Waals surface area contributed by atoms with E-state index in [0.29, 0.717) is 26.1 Å². The Morgan fingerprint density at radius 3 is 2.44 bits per heavy atom. The number of benzene rings is 3. The van der Waals surface area contributed by atoms with Gasteiger partial charge in [0, 0.05) is 0 Å². The van der Waals surface area contributed by atoms with Gasteiger partial charge in [0.05, 0.1) is 28.1 Å². The zero-order valence-corrected chi connectivity index (χ0v) is 18.5. The van der Waals surface area contributed by atoms with Crippen LogP contribution in [0.5, 0.6) is 5.75 Å². The topological polar surface area (TPSA) is 72.1 Å². The molecule has 0 aliphatic carbocycles. The van der Waals surface area contributed by atoms with E-state index in [0.717, 1.165) is 28.3 Å². The molecule has 1 amide bonds. The molecule has 0 bridgehead atoms. The molecule has 0 N–H and O–H groups in total. The molecule has 1 aliphatic rings. The van der Waals surface area contributed by atoms with Crippen molar-refractivity contribution in [1.82, 2.24) is 0 Å². The molecule has 0 radical (unpaired) electrons. The predicted octanol–water partition coefficient (Wildman–Crippen LogP) is 5.67. The molecule has 0 saturated carbocycles. The van der Waals surface area contributed by atoms with Crippen LogP contribution in [-0.4, -0.2) is 18.2 Å². The summed E-state index contributed by atoms with van der Waals surface area (Å²) in [4.78, 5) is 31.5. The Balaban J connectivity index is 1.60. The number of methoxy groups -OCH3 is 1. The van der Waals surface area contributed by atoms with E-state index in [2.05, 4.69) is 0 Å². The van der Waals surface area contributed by atoms with E-state index in [-0.39, 0.29) is 5.91 Å². The summed E-state index contributed by atoms with van der Waals surface area (Å²) in [5, 5.41) is 0.569. The number of amidine groups is 1. The van der Waals surface area contributed by atoms with Gasteiger partial charge in [-0.25, -0.2) is 9.79 Å². The first-order valence-corrected chi connectivity index (χ1v) is 11.3. The minimum atomic E-state index is -0.401. The molecule has 6 nitrogen and oxygen atoms in total. The maximum atomic E-state index is 13.4. The Bertz CT molecular complexity index is 1420. The summed E-state index contributed by atoms with van der Waals surface area (Å²) >= 11 is 2.30. The van der Waals surface area contributed by atoms with Gasteiger partial charge in [0.2, 0.25) is 0 Å². The van der Waals surface area contributed by atoms with Gasteiger partial charge in [-0.15, -0.1) is 0 Å². The standard InChI is InChI=1S/C24H16N2O4S2/c1-29-18-12-15(13-19-21(18)30-24(28)32-19)14-20-22(27)26(17-10-6-3-7-11-17)23(31-20)25-16-8-4-2-5-9-16/h2-14H,1H3/b20-14-,25-23?. The van der Waals surface area contributed by atoms with Crippen LogP contribution < -0.4 is 14.6 Å². The fourth-order valence-corrected chi connectivity index (χ4v) is 5.06. The van der Waals surface area contributed by atoms with E-state index < -0.39 is 4.94 Å². The van der Waals surface area contributed by atoms with E-state index in [1.54, 1.807) is 17.0 Å². The van der Waals surface area contributed by atoms with Crippen molar-refractivity contribution in [3.05, 3.63) is 93.0 Å². The van der Waals surface area contributed by atoms with Crippen molar-refractivity contribution in [2.24, 2.45) is 4.99 Å². The second-order valence-corrected chi connectivity index (χ2v) is 8.81. The quantitative estimate of drug-likeness (QED) is 0.367. The highest BCUT2D eigenvalue weighted by atomic mass is 32.2. The maximum Gasteiger partial charge on any atom is 0.396 e. The van der Waals surface area contributed by atoms with Crippen molar-refractivity contribution in [3.8, 4) is 5.75 Å². The van der Waals surface area contributed by atoms with Crippen molar-refractivity contribution in [1.29, 1.82) is 0 Å². The fourth-order valence-electron chi connectivity index (χ4n) is 3.32. The highest BCUT2D eigenvalue weighted by Gasteiger charge is 2.34. The molecule has 1 aromatic heterocycles. The summed E-state index contributed by atoms with van der Waals surface area (Å²) < 4.78 is 11.3. The van der Waals surface area contributed by atoms with Crippen molar-refractivity contribution >= 4 is 61.9 Å². The monoisotopic (exact) mass is 460 g/mol. The van der Waals surface area contributed by atoms with E-state index in [9.17, 15) is 9.59 Å². The molecule has 1 saturated heterocycles. The molecule has 1 aliphatic heterocycles. The highest BCUT2D eigenvalue weighted by molar-refractivity contribution is 8.19. The Labute approximate surface area is 191 Å². The average molecular weight is 461 g/mol. The van der Waals surface area contributed by atoms with E-state index in [1.165, 1.54) is 18.9 Å². The van der Waals surface area contributed by atoms with Gasteiger partial charge >= 0.3 is 4.94 Å². The SMILES string of the molecule is COc1cc(/C=C2\SC(=Nc3ccccc3)N(c3ccccc3)C2=O)cc2sc(=O)oc12. The van der Waals surface area contributed by atoms with Crippen LogP contribution in [0.1, 0.15) is 5.56 Å². The van der Waals surface area contributed by atoms with Crippen LogP contribution in [0.25, 0.3) is 16.4 Å². The van der Waals surface area contributed by atoms with Crippen LogP contribution >= 0.6 is 23.1 Å². The molecule has 0 spiro atoms. The molecule has 8 heteroatoms. The fraction of sp³-hybridized carbons (Fsp3) is 0.0417. The number of para-hydroxylation sites is 2. The van der Waals surface area contributed by atoms with Crippen LogP contribution in [0.3, 0.4) is 0 Å². The first kappa shape index (κ1) is 20.3. The van der Waals surface area contributed by atoms with Gasteiger partial charge in [-0.3, -0.25) is 9.69 Å². The first-order chi connectivity index (χ1) is 15.6. The van der Waals surface area contributed by atoms with Gasteiger partial charge in [-0.05, 0) is 59.8 Å². The van der Waals surface area contributed by atoms with Gasteiger partial charge in [0.25, 0.3) is 5.91 Å². The second kappa shape index (κ2) is 8.49. The van der Waals surface area contributed by atoms with Gasteiger partial charge in [0.1, 0.15) is 0 Å². The number of amides is 1. The van der Waals surface area contributed by atoms with E-state index >= 15 is 0 Å². The molecule has 5 rings (SSSR count). The van der Waals surface area contributed by atoms with Crippen LogP contribution in [-0.2, 0) is 4.79 Å². The minimum absolute atomic E-state index is 0.171. The summed E-state index contributed by atoms with van der Waals surface area (Å²) in [6, 6.07) is 22.5. The lowest BCUT2D eigenvalue weighted by Crippen LogP contribution is -2.28. The normalized spacial score (nSPS) is 16.4. The summed E-state index contributed by atoms with van der Waals surface area (Å²) in [6.07, 6.45) is 1.78. The summed E-state index contributed by atoms with van der Waals surface area (Å²) in [7, 11) is 1.51. The Hall–Kier alpha value is -3.62. The summed E-state index contributed by atoms with van der Waals surface area (Å²) in [6.45, 7) is 0. The second-order valence-electron chi connectivity index (χ2n) is 6.82. The molecule has 2 heterocycles. The van der Waals surface area contributed by atoms with Gasteiger partial charge in [0.15, 0.2) is 16.5 Å². The smallest absolute Gasteiger partial charge is 0.396 e. The van der Waals surface area contributed by atoms with E-state index in [4.69, 9.17) is 14.1 Å². The van der Waals surface area contributed by atoms with Gasteiger partial charge in [-0.2, -0.15) is 0 Å². The molecular formula is C24H16N2O4S2. The average Bonchev–Trinajstić information content (AvgIpc) is 3.33. The number of hydrogen-bond acceptors (Lipinski definition) is 7. The molecule has 3 aromatic carbocycles. The molecule has 4 aromatic rings. The van der Waals surface area contributed by atoms with Crippen LogP contribution in [0.15, 0.2) is 91.9 Å². The third-order valence-corrected chi connectivity index (χ3v) is 6.48. The molecule has 1 fully saturated rings. The van der Waals surface area contributed by atoms with Crippen LogP contribution in [0, 0.1) is 0 Å². The lowest BCUT2D eigenvalue weighted by atomic mass is 10.2. The minimum Gasteiger partial charge on any atom is -0.493 e. The van der Waals surface area contributed by atoms with Gasteiger partial charge < -0.3 is 9.15 Å². The number of carbonyl (C=O) groups is 1. The zero-order chi connectivity index (χ0) is 22.1. The Kier molecular flexibility index (Phi) is 5.38. The Morgan fingerprint density at radius 1 is 1.00 bits per heavy atom. The zero-order valence-electron chi connectivity index (χ0n) is 16.8. The number of fused-ring (bicyclic) bond motifs is 1. The number of anilines is 1. The van der Waals surface area contributed by atoms with Crippen molar-refractivity contribution in [2.45, 2.75) is 0 Å². The Morgan fingerprint density at radius 2 is 1.72 bits per heavy atom. The summed E-state index contributed by atoms with van der Waals surface area (Å²) in [5.74, 6) is 0.275. The molecule has 32 heavy (non-hydrogen) atoms. The first-order valence-electron chi connectivity index (χ1n) is 9.67. The lowest BCUT2D eigenvalue weighted by molar-refractivity contribution is -0.113. The highest BCUT2D eigenvalue weighted by Crippen LogP contribution is 2.38. The van der Waals surface area contributed by atoms with Gasteiger partial charge in [-0.1, -0.05) is 47.7 Å². The predicted molar refractivity (Wildman–Crippen MR) is 130 cm³/mol. The third kappa shape index (κ3) is 3.86. The number of carbonyl (C=O) groups excluding carboxylic acids is 1. The molecular weight excluding hydrogens is 444 g/mol. The number of rotatable bonds is 4. The molecule has 158 valence electrons. The van der Waals surface area contributed by atoms with E-state index in [1.807, 2.05) is 66.7 Å². The number of thioether (sulfide) groups is 1. The number of hydrogen-bond donors (Lipinski definition) is 0. The number of ether oxygens (including phenoxy) is 1.